The zero-order chi connectivity index (χ0) is 7.40. The van der Waals surface area contributed by atoms with Gasteiger partial charge in [-0.3, -0.25) is 0 Å². The van der Waals surface area contributed by atoms with Crippen LogP contribution in [0.5, 0.6) is 0 Å². The molecule has 10 heavy (non-hydrogen) atoms. The summed E-state index contributed by atoms with van der Waals surface area (Å²) in [4.78, 5) is 0. The minimum atomic E-state index is 0.244. The average Bonchev–Trinajstić information content (AvgIpc) is 1.88. The molecule has 0 spiro atoms. The Hall–Kier alpha value is -0.120. The third-order valence-corrected chi connectivity index (χ3v) is 1.51. The fourth-order valence-corrected chi connectivity index (χ4v) is 1.11. The molecule has 0 aromatic carbocycles. The Morgan fingerprint density at radius 3 is 2.90 bits per heavy atom. The Labute approximate surface area is 61.7 Å². The molecule has 1 rings (SSSR count). The number of rotatable bonds is 2. The number of hydrogen-bond acceptors (Lipinski definition) is 3. The largest absolute Gasteiger partial charge is 0.376 e. The second-order valence-corrected chi connectivity index (χ2v) is 2.66. The first-order valence-corrected chi connectivity index (χ1v) is 3.70. The Morgan fingerprint density at radius 2 is 2.30 bits per heavy atom. The highest BCUT2D eigenvalue weighted by atomic mass is 16.6. The first kappa shape index (κ1) is 7.98. The van der Waals surface area contributed by atoms with Crippen molar-refractivity contribution in [3.63, 3.8) is 0 Å². The lowest BCUT2D eigenvalue weighted by Crippen LogP contribution is -2.40. The van der Waals surface area contributed by atoms with Gasteiger partial charge in [0.05, 0.1) is 25.4 Å². The van der Waals surface area contributed by atoms with Crippen LogP contribution in [0.15, 0.2) is 0 Å². The van der Waals surface area contributed by atoms with Crippen molar-refractivity contribution in [1.82, 2.24) is 5.32 Å². The van der Waals surface area contributed by atoms with E-state index in [9.17, 15) is 0 Å². The zero-order valence-corrected chi connectivity index (χ0v) is 6.59. The van der Waals surface area contributed by atoms with Crippen molar-refractivity contribution in [3.05, 3.63) is 0 Å². The van der Waals surface area contributed by atoms with Crippen LogP contribution in [0, 0.1) is 0 Å². The van der Waals surface area contributed by atoms with Crippen LogP contribution in [-0.2, 0) is 9.47 Å². The van der Waals surface area contributed by atoms with Crippen LogP contribution in [0.4, 0.5) is 0 Å². The van der Waals surface area contributed by atoms with Crippen molar-refractivity contribution < 1.29 is 9.47 Å². The van der Waals surface area contributed by atoms with Crippen molar-refractivity contribution in [2.45, 2.75) is 19.1 Å². The van der Waals surface area contributed by atoms with Crippen LogP contribution in [0.3, 0.4) is 0 Å². The van der Waals surface area contributed by atoms with E-state index in [1.165, 1.54) is 0 Å². The minimum absolute atomic E-state index is 0.244. The normalized spacial score (nSPS) is 34.2. The predicted molar refractivity (Wildman–Crippen MR) is 39.1 cm³/mol. The molecular formula is C7H15NO2. The van der Waals surface area contributed by atoms with Crippen molar-refractivity contribution in [1.29, 1.82) is 0 Å². The van der Waals surface area contributed by atoms with Gasteiger partial charge in [0.15, 0.2) is 0 Å². The molecule has 0 amide bonds. The third kappa shape index (κ3) is 2.25. The Kier molecular flexibility index (Phi) is 3.12. The first-order chi connectivity index (χ1) is 4.83. The smallest absolute Gasteiger partial charge is 0.0937 e. The molecule has 2 atom stereocenters. The molecule has 1 heterocycles. The summed E-state index contributed by atoms with van der Waals surface area (Å²) in [5.74, 6) is 0. The number of nitrogens with one attached hydrogen (secondary N) is 1. The molecule has 0 bridgehead atoms. The maximum absolute atomic E-state index is 5.54. The van der Waals surface area contributed by atoms with Gasteiger partial charge < -0.3 is 14.8 Å². The van der Waals surface area contributed by atoms with Gasteiger partial charge in [0.25, 0.3) is 0 Å². The molecule has 60 valence electrons. The van der Waals surface area contributed by atoms with Crippen LogP contribution in [0.2, 0.25) is 0 Å². The highest BCUT2D eigenvalue weighted by Gasteiger charge is 2.18. The lowest BCUT2D eigenvalue weighted by molar-refractivity contribution is -0.128. The van der Waals surface area contributed by atoms with E-state index in [1.807, 2.05) is 14.0 Å². The van der Waals surface area contributed by atoms with E-state index in [0.29, 0.717) is 0 Å². The quantitative estimate of drug-likeness (QED) is 0.593. The Balaban J connectivity index is 2.18. The van der Waals surface area contributed by atoms with E-state index < -0.39 is 0 Å². The van der Waals surface area contributed by atoms with Gasteiger partial charge in [0.2, 0.25) is 0 Å². The maximum Gasteiger partial charge on any atom is 0.0937 e. The number of likely N-dealkylation sites (N-methyl/N-ethyl adjacent to an activating group) is 1. The standard InChI is InChI=1S/C7H15NO2/c1-6-4-9-5-7(10-6)3-8-2/h6-8H,3-5H2,1-2H3. The Morgan fingerprint density at radius 1 is 1.50 bits per heavy atom. The molecule has 2 unspecified atom stereocenters. The van der Waals surface area contributed by atoms with Crippen molar-refractivity contribution in [2.75, 3.05) is 26.8 Å². The minimum Gasteiger partial charge on any atom is -0.376 e. The van der Waals surface area contributed by atoms with Crippen LogP contribution in [0.25, 0.3) is 0 Å². The molecule has 0 aromatic rings. The molecule has 3 heteroatoms. The predicted octanol–water partition coefficient (Wildman–Crippen LogP) is 0.00970. The van der Waals surface area contributed by atoms with Crippen molar-refractivity contribution >= 4 is 0 Å². The molecule has 1 saturated heterocycles. The molecule has 1 aliphatic heterocycles. The zero-order valence-electron chi connectivity index (χ0n) is 6.59. The number of hydrogen-bond donors (Lipinski definition) is 1. The van der Waals surface area contributed by atoms with Crippen LogP contribution in [0.1, 0.15) is 6.92 Å². The molecule has 0 aromatic heterocycles. The maximum atomic E-state index is 5.54. The SMILES string of the molecule is CNCC1COCC(C)O1. The molecule has 0 radical (unpaired) electrons. The van der Waals surface area contributed by atoms with Gasteiger partial charge in [-0.15, -0.1) is 0 Å². The second-order valence-electron chi connectivity index (χ2n) is 2.66. The average molecular weight is 145 g/mol. The fourth-order valence-electron chi connectivity index (χ4n) is 1.11. The van der Waals surface area contributed by atoms with Crippen LogP contribution >= 0.6 is 0 Å². The summed E-state index contributed by atoms with van der Waals surface area (Å²) in [6.45, 7) is 4.37. The topological polar surface area (TPSA) is 30.5 Å². The van der Waals surface area contributed by atoms with Gasteiger partial charge in [0.1, 0.15) is 0 Å². The molecule has 0 saturated carbocycles. The van der Waals surface area contributed by atoms with Crippen LogP contribution < -0.4 is 5.32 Å². The van der Waals surface area contributed by atoms with Gasteiger partial charge in [-0.1, -0.05) is 0 Å². The van der Waals surface area contributed by atoms with Gasteiger partial charge in [-0.2, -0.15) is 0 Å². The van der Waals surface area contributed by atoms with Gasteiger partial charge >= 0.3 is 0 Å². The molecule has 3 nitrogen and oxygen atoms in total. The van der Waals surface area contributed by atoms with E-state index in [4.69, 9.17) is 9.47 Å². The molecular weight excluding hydrogens is 130 g/mol. The van der Waals surface area contributed by atoms with Gasteiger partial charge in [-0.05, 0) is 14.0 Å². The highest BCUT2D eigenvalue weighted by molar-refractivity contribution is 4.66. The molecule has 0 aliphatic carbocycles. The summed E-state index contributed by atoms with van der Waals surface area (Å²) < 4.78 is 10.8. The fraction of sp³-hybridized carbons (Fsp3) is 1.00. The Bertz CT molecular complexity index is 95.6. The summed E-state index contributed by atoms with van der Waals surface area (Å²) in [6.07, 6.45) is 0.501. The van der Waals surface area contributed by atoms with Gasteiger partial charge in [-0.25, -0.2) is 0 Å². The molecule has 1 aliphatic rings. The van der Waals surface area contributed by atoms with E-state index >= 15 is 0 Å². The van der Waals surface area contributed by atoms with Crippen molar-refractivity contribution in [3.8, 4) is 0 Å². The van der Waals surface area contributed by atoms with Crippen LogP contribution in [-0.4, -0.2) is 39.0 Å². The lowest BCUT2D eigenvalue weighted by Gasteiger charge is -2.27. The summed E-state index contributed by atoms with van der Waals surface area (Å²) in [7, 11) is 1.92. The van der Waals surface area contributed by atoms with Gasteiger partial charge in [0, 0.05) is 6.54 Å². The summed E-state index contributed by atoms with van der Waals surface area (Å²) in [5, 5.41) is 3.05. The van der Waals surface area contributed by atoms with Crippen molar-refractivity contribution in [2.24, 2.45) is 0 Å². The molecule has 1 fully saturated rings. The van der Waals surface area contributed by atoms with E-state index in [2.05, 4.69) is 5.32 Å². The second kappa shape index (κ2) is 3.91. The monoisotopic (exact) mass is 145 g/mol. The molecule has 1 N–H and O–H groups in total. The summed E-state index contributed by atoms with van der Waals surface area (Å²) >= 11 is 0. The summed E-state index contributed by atoms with van der Waals surface area (Å²) in [5.41, 5.74) is 0. The van der Waals surface area contributed by atoms with E-state index in [1.54, 1.807) is 0 Å². The first-order valence-electron chi connectivity index (χ1n) is 3.70. The highest BCUT2D eigenvalue weighted by Crippen LogP contribution is 2.05. The third-order valence-electron chi connectivity index (χ3n) is 1.51. The lowest BCUT2D eigenvalue weighted by atomic mass is 10.3. The number of ether oxygens (including phenoxy) is 2. The van der Waals surface area contributed by atoms with E-state index in [0.717, 1.165) is 19.8 Å². The summed E-state index contributed by atoms with van der Waals surface area (Å²) in [6, 6.07) is 0. The van der Waals surface area contributed by atoms with E-state index in [-0.39, 0.29) is 12.2 Å².